The van der Waals surface area contributed by atoms with Crippen molar-refractivity contribution < 1.29 is 13.9 Å². The molecule has 1 unspecified atom stereocenters. The highest BCUT2D eigenvalue weighted by Crippen LogP contribution is 2.26. The van der Waals surface area contributed by atoms with Crippen molar-refractivity contribution >= 4 is 5.90 Å². The monoisotopic (exact) mass is 318 g/mol. The number of ether oxygens (including phenoxy) is 2. The standard InChI is InChI=1S/C16H19FN4O2/c17-12-3-1-2-11(10-12)14-19-15(21-5-8-22-9-6-21)13-16(20-14)23-7-4-18-13/h1-3,10,14,18-19H,4-9H2. The Morgan fingerprint density at radius 3 is 2.91 bits per heavy atom. The van der Waals surface area contributed by atoms with Gasteiger partial charge in [0.2, 0.25) is 5.90 Å². The first-order valence-corrected chi connectivity index (χ1v) is 7.85. The Balaban J connectivity index is 1.68. The highest BCUT2D eigenvalue weighted by molar-refractivity contribution is 5.95. The Hall–Kier alpha value is -2.28. The molecule has 0 aliphatic carbocycles. The molecule has 0 amide bonds. The second-order valence-electron chi connectivity index (χ2n) is 5.63. The lowest BCUT2D eigenvalue weighted by Crippen LogP contribution is -2.48. The Morgan fingerprint density at radius 1 is 1.22 bits per heavy atom. The lowest BCUT2D eigenvalue weighted by Gasteiger charge is -2.38. The topological polar surface area (TPSA) is 58.1 Å². The fourth-order valence-electron chi connectivity index (χ4n) is 2.98. The number of benzene rings is 1. The Labute approximate surface area is 134 Å². The molecular weight excluding hydrogens is 299 g/mol. The van der Waals surface area contributed by atoms with Gasteiger partial charge >= 0.3 is 0 Å². The van der Waals surface area contributed by atoms with Crippen LogP contribution in [0, 0.1) is 5.82 Å². The lowest BCUT2D eigenvalue weighted by molar-refractivity contribution is 0.0479. The molecule has 2 N–H and O–H groups in total. The van der Waals surface area contributed by atoms with E-state index in [-0.39, 0.29) is 12.0 Å². The molecule has 0 aromatic heterocycles. The van der Waals surface area contributed by atoms with E-state index in [0.717, 1.165) is 36.7 Å². The molecule has 0 saturated carbocycles. The van der Waals surface area contributed by atoms with Crippen molar-refractivity contribution in [3.8, 4) is 0 Å². The van der Waals surface area contributed by atoms with E-state index in [4.69, 9.17) is 9.47 Å². The molecule has 1 aromatic rings. The number of fused-ring (bicyclic) bond motifs is 1. The maximum atomic E-state index is 13.5. The summed E-state index contributed by atoms with van der Waals surface area (Å²) in [7, 11) is 0. The first kappa shape index (κ1) is 14.3. The van der Waals surface area contributed by atoms with Gasteiger partial charge in [0.1, 0.15) is 30.1 Å². The molecule has 3 heterocycles. The van der Waals surface area contributed by atoms with Crippen LogP contribution in [0.15, 0.2) is 40.8 Å². The van der Waals surface area contributed by atoms with Gasteiger partial charge in [0.15, 0.2) is 0 Å². The van der Waals surface area contributed by atoms with Gasteiger partial charge in [0.25, 0.3) is 0 Å². The van der Waals surface area contributed by atoms with Gasteiger partial charge in [0.05, 0.1) is 13.2 Å². The van der Waals surface area contributed by atoms with Gasteiger partial charge in [-0.1, -0.05) is 12.1 Å². The molecule has 6 nitrogen and oxygen atoms in total. The first-order chi connectivity index (χ1) is 11.3. The molecule has 2 fully saturated rings. The maximum absolute atomic E-state index is 13.5. The molecule has 3 aliphatic rings. The van der Waals surface area contributed by atoms with Crippen LogP contribution in [0.1, 0.15) is 11.7 Å². The van der Waals surface area contributed by atoms with Crippen molar-refractivity contribution in [1.82, 2.24) is 15.5 Å². The highest BCUT2D eigenvalue weighted by Gasteiger charge is 2.31. The van der Waals surface area contributed by atoms with E-state index in [1.54, 1.807) is 6.07 Å². The van der Waals surface area contributed by atoms with E-state index >= 15 is 0 Å². The summed E-state index contributed by atoms with van der Waals surface area (Å²) in [5.74, 6) is 1.27. The summed E-state index contributed by atoms with van der Waals surface area (Å²) in [5, 5.41) is 6.78. The predicted molar refractivity (Wildman–Crippen MR) is 83.1 cm³/mol. The number of nitrogens with zero attached hydrogens (tertiary/aromatic N) is 2. The molecule has 0 radical (unpaired) electrons. The minimum Gasteiger partial charge on any atom is -0.474 e. The van der Waals surface area contributed by atoms with Crippen molar-refractivity contribution in [3.05, 3.63) is 47.2 Å². The molecule has 0 spiro atoms. The van der Waals surface area contributed by atoms with Crippen LogP contribution < -0.4 is 10.6 Å². The van der Waals surface area contributed by atoms with E-state index in [1.165, 1.54) is 12.1 Å². The molecule has 23 heavy (non-hydrogen) atoms. The summed E-state index contributed by atoms with van der Waals surface area (Å²) in [6.07, 6.45) is -0.359. The molecule has 2 saturated heterocycles. The van der Waals surface area contributed by atoms with Crippen LogP contribution in [0.25, 0.3) is 0 Å². The van der Waals surface area contributed by atoms with Crippen LogP contribution in [0.4, 0.5) is 4.39 Å². The Morgan fingerprint density at radius 2 is 2.09 bits per heavy atom. The van der Waals surface area contributed by atoms with Gasteiger partial charge in [0, 0.05) is 19.6 Å². The average molecular weight is 318 g/mol. The number of rotatable bonds is 2. The molecule has 4 rings (SSSR count). The Kier molecular flexibility index (Phi) is 3.78. The molecule has 122 valence electrons. The van der Waals surface area contributed by atoms with Crippen LogP contribution in [-0.2, 0) is 9.47 Å². The van der Waals surface area contributed by atoms with Gasteiger partial charge < -0.3 is 25.0 Å². The van der Waals surface area contributed by atoms with Crippen molar-refractivity contribution in [2.45, 2.75) is 6.17 Å². The largest absolute Gasteiger partial charge is 0.474 e. The lowest BCUT2D eigenvalue weighted by atomic mass is 10.1. The van der Waals surface area contributed by atoms with Gasteiger partial charge in [-0.15, -0.1) is 0 Å². The molecule has 0 bridgehead atoms. The van der Waals surface area contributed by atoms with E-state index in [0.29, 0.717) is 25.7 Å². The van der Waals surface area contributed by atoms with Crippen LogP contribution in [0.3, 0.4) is 0 Å². The SMILES string of the molecule is Fc1cccc(C2N=C3OCCNC3=C(N3CCOCC3)N2)c1. The number of halogens is 1. The molecule has 3 aliphatic heterocycles. The molecule has 1 aromatic carbocycles. The third-order valence-corrected chi connectivity index (χ3v) is 4.10. The fraction of sp³-hybridized carbons (Fsp3) is 0.438. The highest BCUT2D eigenvalue weighted by atomic mass is 19.1. The van der Waals surface area contributed by atoms with Crippen molar-refractivity contribution in [3.63, 3.8) is 0 Å². The normalized spacial score (nSPS) is 24.1. The summed E-state index contributed by atoms with van der Waals surface area (Å²) < 4.78 is 24.7. The zero-order chi connectivity index (χ0) is 15.6. The zero-order valence-corrected chi connectivity index (χ0v) is 12.7. The van der Waals surface area contributed by atoms with Crippen LogP contribution >= 0.6 is 0 Å². The van der Waals surface area contributed by atoms with Crippen molar-refractivity contribution in [1.29, 1.82) is 0 Å². The number of morpholine rings is 2. The van der Waals surface area contributed by atoms with Crippen molar-refractivity contribution in [2.24, 2.45) is 4.99 Å². The second-order valence-corrected chi connectivity index (χ2v) is 5.63. The average Bonchev–Trinajstić information content (AvgIpc) is 2.61. The third-order valence-electron chi connectivity index (χ3n) is 4.10. The summed E-state index contributed by atoms with van der Waals surface area (Å²) in [4.78, 5) is 6.82. The van der Waals surface area contributed by atoms with Gasteiger partial charge in [-0.25, -0.2) is 9.38 Å². The van der Waals surface area contributed by atoms with E-state index in [2.05, 4.69) is 20.5 Å². The van der Waals surface area contributed by atoms with Gasteiger partial charge in [-0.05, 0) is 17.7 Å². The van der Waals surface area contributed by atoms with E-state index in [9.17, 15) is 4.39 Å². The quantitative estimate of drug-likeness (QED) is 0.850. The number of aliphatic imine (C=N–C) groups is 1. The van der Waals surface area contributed by atoms with Crippen LogP contribution in [-0.4, -0.2) is 50.3 Å². The summed E-state index contributed by atoms with van der Waals surface area (Å²) in [5.41, 5.74) is 1.65. The fourth-order valence-corrected chi connectivity index (χ4v) is 2.98. The maximum Gasteiger partial charge on any atom is 0.239 e. The van der Waals surface area contributed by atoms with E-state index < -0.39 is 0 Å². The van der Waals surface area contributed by atoms with Crippen LogP contribution in [0.5, 0.6) is 0 Å². The van der Waals surface area contributed by atoms with E-state index in [1.807, 2.05) is 6.07 Å². The number of nitrogens with one attached hydrogen (secondary N) is 2. The first-order valence-electron chi connectivity index (χ1n) is 7.85. The minimum atomic E-state index is -0.359. The zero-order valence-electron chi connectivity index (χ0n) is 12.7. The van der Waals surface area contributed by atoms with Gasteiger partial charge in [-0.3, -0.25) is 0 Å². The van der Waals surface area contributed by atoms with Crippen molar-refractivity contribution in [2.75, 3.05) is 39.5 Å². The third kappa shape index (κ3) is 2.84. The second kappa shape index (κ2) is 6.08. The smallest absolute Gasteiger partial charge is 0.239 e. The number of hydrogen-bond acceptors (Lipinski definition) is 6. The molecule has 1 atom stereocenters. The summed E-state index contributed by atoms with van der Waals surface area (Å²) in [6.45, 7) is 4.31. The molecule has 7 heteroatoms. The number of hydrogen-bond donors (Lipinski definition) is 2. The predicted octanol–water partition coefficient (Wildman–Crippen LogP) is 0.947. The minimum absolute atomic E-state index is 0.269. The summed E-state index contributed by atoms with van der Waals surface area (Å²) in [6, 6.07) is 6.49. The summed E-state index contributed by atoms with van der Waals surface area (Å²) >= 11 is 0. The van der Waals surface area contributed by atoms with Crippen LogP contribution in [0.2, 0.25) is 0 Å². The Bertz CT molecular complexity index is 655. The van der Waals surface area contributed by atoms with Gasteiger partial charge in [-0.2, -0.15) is 0 Å². The molecular formula is C16H19FN4O2.